The number of hydrogen-bond donors (Lipinski definition) is 0. The Morgan fingerprint density at radius 1 is 1.29 bits per heavy atom. The summed E-state index contributed by atoms with van der Waals surface area (Å²) in [6.45, 7) is 2.15. The molecule has 0 aliphatic heterocycles. The van der Waals surface area contributed by atoms with Crippen LogP contribution in [0.15, 0.2) is 18.2 Å². The Kier molecular flexibility index (Phi) is 3.01. The van der Waals surface area contributed by atoms with Crippen LogP contribution in [0.3, 0.4) is 0 Å². The predicted molar refractivity (Wildman–Crippen MR) is 65.8 cm³/mol. The Morgan fingerprint density at radius 2 is 2.07 bits per heavy atom. The largest absolute Gasteiger partial charge is 0.123 e. The molecule has 0 amide bonds. The summed E-state index contributed by atoms with van der Waals surface area (Å²) in [5.41, 5.74) is 2.51. The Bertz CT molecular complexity index is 460. The summed E-state index contributed by atoms with van der Waals surface area (Å²) < 4.78 is 2.09. The number of alkyl halides is 1. The van der Waals surface area contributed by atoms with Crippen molar-refractivity contribution >= 4 is 44.6 Å². The van der Waals surface area contributed by atoms with Gasteiger partial charge >= 0.3 is 0 Å². The first kappa shape index (κ1) is 10.3. The fraction of sp³-hybridized carbons (Fsp3) is 0.273. The molecule has 0 spiro atoms. The third-order valence-corrected chi connectivity index (χ3v) is 3.81. The molecule has 2 rings (SSSR count). The second kappa shape index (κ2) is 4.09. The van der Waals surface area contributed by atoms with Gasteiger partial charge in [-0.2, -0.15) is 0 Å². The van der Waals surface area contributed by atoms with E-state index in [4.69, 9.17) is 23.2 Å². The third kappa shape index (κ3) is 1.77. The van der Waals surface area contributed by atoms with Crippen LogP contribution in [0, 0.1) is 0 Å². The average Bonchev–Trinajstić information content (AvgIpc) is 2.56. The predicted octanol–water partition coefficient (Wildman–Crippen LogP) is 4.86. The molecule has 3 heteroatoms. The summed E-state index contributed by atoms with van der Waals surface area (Å²) in [5, 5.41) is 1.27. The van der Waals surface area contributed by atoms with Crippen LogP contribution >= 0.6 is 34.5 Å². The molecular weight excluding hydrogens is 235 g/mol. The van der Waals surface area contributed by atoms with Crippen molar-refractivity contribution in [3.8, 4) is 0 Å². The van der Waals surface area contributed by atoms with Crippen molar-refractivity contribution in [1.29, 1.82) is 0 Å². The first-order chi connectivity index (χ1) is 6.74. The molecule has 0 aliphatic rings. The number of thiophene rings is 1. The van der Waals surface area contributed by atoms with Crippen LogP contribution in [0.5, 0.6) is 0 Å². The molecule has 1 aromatic carbocycles. The second-order valence-electron chi connectivity index (χ2n) is 3.20. The molecule has 0 N–H and O–H groups in total. The highest BCUT2D eigenvalue weighted by Crippen LogP contribution is 2.33. The molecule has 0 unspecified atom stereocenters. The Labute approximate surface area is 97.5 Å². The topological polar surface area (TPSA) is 0 Å². The van der Waals surface area contributed by atoms with Gasteiger partial charge in [0.15, 0.2) is 0 Å². The zero-order chi connectivity index (χ0) is 10.1. The minimum absolute atomic E-state index is 0.568. The number of halogens is 2. The molecule has 0 nitrogen and oxygen atoms in total. The molecule has 14 heavy (non-hydrogen) atoms. The standard InChI is InChI=1S/C11H10Cl2S/c1-2-8-3-7(6-12)4-10-9(8)5-11(13)14-10/h3-5H,2,6H2,1H3. The molecule has 0 fully saturated rings. The van der Waals surface area contributed by atoms with Crippen LogP contribution in [-0.2, 0) is 12.3 Å². The highest BCUT2D eigenvalue weighted by molar-refractivity contribution is 7.22. The fourth-order valence-corrected chi connectivity index (χ4v) is 3.02. The van der Waals surface area contributed by atoms with Gasteiger partial charge < -0.3 is 0 Å². The number of fused-ring (bicyclic) bond motifs is 1. The SMILES string of the molecule is CCc1cc(CCl)cc2sc(Cl)cc12. The molecular formula is C11H10Cl2S. The number of rotatable bonds is 2. The lowest BCUT2D eigenvalue weighted by Crippen LogP contribution is -1.84. The average molecular weight is 245 g/mol. The first-order valence-corrected chi connectivity index (χ1v) is 6.24. The van der Waals surface area contributed by atoms with Crippen molar-refractivity contribution in [2.75, 3.05) is 0 Å². The Balaban J connectivity index is 2.72. The zero-order valence-electron chi connectivity index (χ0n) is 7.81. The van der Waals surface area contributed by atoms with Gasteiger partial charge in [-0.25, -0.2) is 0 Å². The lowest BCUT2D eigenvalue weighted by Gasteiger charge is -2.02. The minimum Gasteiger partial charge on any atom is -0.123 e. The lowest BCUT2D eigenvalue weighted by atomic mass is 10.1. The molecule has 0 atom stereocenters. The van der Waals surface area contributed by atoms with E-state index in [9.17, 15) is 0 Å². The van der Waals surface area contributed by atoms with E-state index >= 15 is 0 Å². The molecule has 0 saturated carbocycles. The molecule has 0 saturated heterocycles. The van der Waals surface area contributed by atoms with Gasteiger partial charge in [-0.1, -0.05) is 24.6 Å². The van der Waals surface area contributed by atoms with Crippen LogP contribution in [0.4, 0.5) is 0 Å². The second-order valence-corrected chi connectivity index (χ2v) is 5.19. The molecule has 2 aromatic rings. The van der Waals surface area contributed by atoms with Gasteiger partial charge in [-0.05, 0) is 35.1 Å². The van der Waals surface area contributed by atoms with Crippen molar-refractivity contribution in [3.05, 3.63) is 33.7 Å². The molecule has 1 heterocycles. The van der Waals surface area contributed by atoms with E-state index in [1.54, 1.807) is 11.3 Å². The minimum atomic E-state index is 0.568. The molecule has 74 valence electrons. The van der Waals surface area contributed by atoms with Crippen LogP contribution in [0.1, 0.15) is 18.1 Å². The smallest absolute Gasteiger partial charge is 0.0940 e. The molecule has 0 aliphatic carbocycles. The van der Waals surface area contributed by atoms with Gasteiger partial charge in [0.1, 0.15) is 0 Å². The summed E-state index contributed by atoms with van der Waals surface area (Å²) >= 11 is 13.4. The van der Waals surface area contributed by atoms with Gasteiger partial charge in [0.05, 0.1) is 4.34 Å². The van der Waals surface area contributed by atoms with Crippen molar-refractivity contribution in [2.24, 2.45) is 0 Å². The number of benzene rings is 1. The van der Waals surface area contributed by atoms with Gasteiger partial charge in [0.2, 0.25) is 0 Å². The molecule has 0 bridgehead atoms. The highest BCUT2D eigenvalue weighted by Gasteiger charge is 2.06. The van der Waals surface area contributed by atoms with E-state index in [1.165, 1.54) is 21.2 Å². The zero-order valence-corrected chi connectivity index (χ0v) is 10.1. The van der Waals surface area contributed by atoms with Crippen LogP contribution < -0.4 is 0 Å². The van der Waals surface area contributed by atoms with Gasteiger partial charge in [0, 0.05) is 10.6 Å². The summed E-state index contributed by atoms with van der Waals surface area (Å²) in [4.78, 5) is 0. The Morgan fingerprint density at radius 3 is 2.71 bits per heavy atom. The molecule has 1 aromatic heterocycles. The van der Waals surface area contributed by atoms with E-state index in [0.29, 0.717) is 5.88 Å². The maximum atomic E-state index is 5.99. The first-order valence-electron chi connectivity index (χ1n) is 4.51. The maximum Gasteiger partial charge on any atom is 0.0940 e. The normalized spacial score (nSPS) is 11.1. The Hall–Kier alpha value is -0.240. The number of aryl methyl sites for hydroxylation is 1. The fourth-order valence-electron chi connectivity index (χ4n) is 1.61. The highest BCUT2D eigenvalue weighted by atomic mass is 35.5. The van der Waals surface area contributed by atoms with E-state index in [2.05, 4.69) is 19.1 Å². The quantitative estimate of drug-likeness (QED) is 0.663. The summed E-state index contributed by atoms with van der Waals surface area (Å²) in [6.07, 6.45) is 1.02. The number of hydrogen-bond acceptors (Lipinski definition) is 1. The maximum absolute atomic E-state index is 5.99. The van der Waals surface area contributed by atoms with E-state index in [-0.39, 0.29) is 0 Å². The van der Waals surface area contributed by atoms with Crippen LogP contribution in [-0.4, -0.2) is 0 Å². The molecule has 0 radical (unpaired) electrons. The van der Waals surface area contributed by atoms with Gasteiger partial charge in [-0.15, -0.1) is 22.9 Å². The summed E-state index contributed by atoms with van der Waals surface area (Å²) in [6, 6.07) is 6.33. The van der Waals surface area contributed by atoms with Crippen LogP contribution in [0.2, 0.25) is 4.34 Å². The van der Waals surface area contributed by atoms with Crippen molar-refractivity contribution < 1.29 is 0 Å². The monoisotopic (exact) mass is 244 g/mol. The summed E-state index contributed by atoms with van der Waals surface area (Å²) in [7, 11) is 0. The van der Waals surface area contributed by atoms with E-state index in [0.717, 1.165) is 10.8 Å². The van der Waals surface area contributed by atoms with E-state index < -0.39 is 0 Å². The van der Waals surface area contributed by atoms with E-state index in [1.807, 2.05) is 6.07 Å². The van der Waals surface area contributed by atoms with Crippen molar-refractivity contribution in [1.82, 2.24) is 0 Å². The summed E-state index contributed by atoms with van der Waals surface area (Å²) in [5.74, 6) is 0.568. The van der Waals surface area contributed by atoms with Crippen LogP contribution in [0.25, 0.3) is 10.1 Å². The third-order valence-electron chi connectivity index (χ3n) is 2.29. The van der Waals surface area contributed by atoms with Crippen molar-refractivity contribution in [2.45, 2.75) is 19.2 Å². The van der Waals surface area contributed by atoms with Gasteiger partial charge in [0.25, 0.3) is 0 Å². The van der Waals surface area contributed by atoms with Gasteiger partial charge in [-0.3, -0.25) is 0 Å². The van der Waals surface area contributed by atoms with Crippen molar-refractivity contribution in [3.63, 3.8) is 0 Å². The lowest BCUT2D eigenvalue weighted by molar-refractivity contribution is 1.15.